The first-order valence-corrected chi connectivity index (χ1v) is 6.84. The molecule has 104 valence electrons. The quantitative estimate of drug-likeness (QED) is 0.596. The van der Waals surface area contributed by atoms with E-state index in [-0.39, 0.29) is 0 Å². The highest BCUT2D eigenvalue weighted by atomic mass is 32.1. The van der Waals surface area contributed by atoms with Gasteiger partial charge in [-0.1, -0.05) is 29.8 Å². The molecule has 5 nitrogen and oxygen atoms in total. The van der Waals surface area contributed by atoms with Crippen LogP contribution < -0.4 is 0 Å². The lowest BCUT2D eigenvalue weighted by Gasteiger charge is -2.02. The number of nitrogens with zero attached hydrogens (tertiary/aromatic N) is 4. The van der Waals surface area contributed by atoms with Gasteiger partial charge in [-0.25, -0.2) is 5.10 Å². The molecule has 0 spiro atoms. The van der Waals surface area contributed by atoms with E-state index in [0.29, 0.717) is 10.6 Å². The van der Waals surface area contributed by atoms with E-state index in [0.717, 1.165) is 16.7 Å². The zero-order valence-corrected chi connectivity index (χ0v) is 12.2. The molecule has 0 saturated heterocycles. The van der Waals surface area contributed by atoms with Crippen LogP contribution in [0.25, 0.3) is 11.4 Å². The molecule has 0 aliphatic carbocycles. The van der Waals surface area contributed by atoms with E-state index in [1.54, 1.807) is 23.3 Å². The Kier molecular flexibility index (Phi) is 3.70. The molecule has 21 heavy (non-hydrogen) atoms. The molecule has 3 aromatic rings. The molecular weight excluding hydrogens is 282 g/mol. The lowest BCUT2D eigenvalue weighted by molar-refractivity contribution is 0.871. The summed E-state index contributed by atoms with van der Waals surface area (Å²) in [5.74, 6) is 0.684. The first-order chi connectivity index (χ1) is 10.2. The molecule has 2 aromatic heterocycles. The van der Waals surface area contributed by atoms with Crippen LogP contribution in [0.15, 0.2) is 53.9 Å². The summed E-state index contributed by atoms with van der Waals surface area (Å²) < 4.78 is 2.06. The molecule has 0 fully saturated rings. The molecule has 1 aromatic carbocycles. The highest BCUT2D eigenvalue weighted by molar-refractivity contribution is 7.71. The zero-order valence-electron chi connectivity index (χ0n) is 11.4. The van der Waals surface area contributed by atoms with E-state index in [1.807, 2.05) is 43.3 Å². The molecule has 0 bridgehead atoms. The van der Waals surface area contributed by atoms with Crippen LogP contribution in [0.4, 0.5) is 0 Å². The largest absolute Gasteiger partial charge is 0.264 e. The van der Waals surface area contributed by atoms with Crippen LogP contribution in [0.1, 0.15) is 11.1 Å². The van der Waals surface area contributed by atoms with Crippen molar-refractivity contribution in [2.75, 3.05) is 0 Å². The Labute approximate surface area is 127 Å². The van der Waals surface area contributed by atoms with Gasteiger partial charge in [0, 0.05) is 23.5 Å². The highest BCUT2D eigenvalue weighted by Gasteiger charge is 2.07. The van der Waals surface area contributed by atoms with Gasteiger partial charge in [0.05, 0.1) is 6.21 Å². The van der Waals surface area contributed by atoms with Gasteiger partial charge in [0.1, 0.15) is 0 Å². The van der Waals surface area contributed by atoms with E-state index in [9.17, 15) is 0 Å². The molecule has 0 atom stereocenters. The van der Waals surface area contributed by atoms with Gasteiger partial charge in [-0.15, -0.1) is 0 Å². The number of nitrogens with one attached hydrogen (secondary N) is 1. The fraction of sp³-hybridized carbons (Fsp3) is 0.0667. The summed E-state index contributed by atoms with van der Waals surface area (Å²) >= 11 is 5.24. The maximum Gasteiger partial charge on any atom is 0.216 e. The van der Waals surface area contributed by atoms with Gasteiger partial charge in [-0.2, -0.15) is 14.9 Å². The normalized spacial score (nSPS) is 11.1. The summed E-state index contributed by atoms with van der Waals surface area (Å²) in [5.41, 5.74) is 3.02. The number of pyridine rings is 1. The second-order valence-corrected chi connectivity index (χ2v) is 4.95. The van der Waals surface area contributed by atoms with E-state index in [4.69, 9.17) is 12.2 Å². The molecule has 0 saturated carbocycles. The van der Waals surface area contributed by atoms with Crippen molar-refractivity contribution in [1.82, 2.24) is 19.9 Å². The fourth-order valence-corrected chi connectivity index (χ4v) is 2.13. The fourth-order valence-electron chi connectivity index (χ4n) is 1.95. The van der Waals surface area contributed by atoms with Crippen molar-refractivity contribution < 1.29 is 0 Å². The number of hydrogen-bond donors (Lipinski definition) is 1. The smallest absolute Gasteiger partial charge is 0.216 e. The summed E-state index contributed by atoms with van der Waals surface area (Å²) in [6.45, 7) is 2.04. The lowest BCUT2D eigenvalue weighted by Crippen LogP contribution is -1.95. The maximum atomic E-state index is 5.24. The Bertz CT molecular complexity index is 833. The summed E-state index contributed by atoms with van der Waals surface area (Å²) in [4.78, 5) is 4.05. The van der Waals surface area contributed by atoms with Crippen molar-refractivity contribution in [2.24, 2.45) is 5.10 Å². The average Bonchev–Trinajstić information content (AvgIpc) is 2.87. The first kappa shape index (κ1) is 13.4. The van der Waals surface area contributed by atoms with Crippen LogP contribution in [0, 0.1) is 11.7 Å². The van der Waals surface area contributed by atoms with Crippen molar-refractivity contribution >= 4 is 18.4 Å². The number of aromatic nitrogens is 4. The van der Waals surface area contributed by atoms with Gasteiger partial charge in [0.25, 0.3) is 0 Å². The Balaban J connectivity index is 2.02. The third kappa shape index (κ3) is 2.95. The van der Waals surface area contributed by atoms with Gasteiger partial charge in [-0.05, 0) is 31.3 Å². The van der Waals surface area contributed by atoms with Crippen LogP contribution in [-0.4, -0.2) is 26.1 Å². The molecule has 0 aliphatic rings. The molecule has 1 N–H and O–H groups in total. The van der Waals surface area contributed by atoms with Crippen LogP contribution in [0.3, 0.4) is 0 Å². The molecule has 0 amide bonds. The average molecular weight is 295 g/mol. The minimum Gasteiger partial charge on any atom is -0.264 e. The third-order valence-electron chi connectivity index (χ3n) is 2.93. The van der Waals surface area contributed by atoms with Crippen molar-refractivity contribution in [3.63, 3.8) is 0 Å². The molecule has 6 heteroatoms. The number of hydrogen-bond acceptors (Lipinski definition) is 4. The molecular formula is C15H13N5S. The number of benzene rings is 1. The summed E-state index contributed by atoms with van der Waals surface area (Å²) in [6, 6.07) is 11.8. The highest BCUT2D eigenvalue weighted by Crippen LogP contribution is 2.18. The van der Waals surface area contributed by atoms with Gasteiger partial charge < -0.3 is 0 Å². The second kappa shape index (κ2) is 5.80. The molecule has 0 aliphatic heterocycles. The van der Waals surface area contributed by atoms with Crippen molar-refractivity contribution in [3.05, 3.63) is 64.7 Å². The Morgan fingerprint density at radius 1 is 1.29 bits per heavy atom. The number of rotatable bonds is 3. The standard InChI is InChI=1S/C15H13N5S/c1-11-4-2-6-13(8-11)14-18-19-15(21)20(14)17-10-12-5-3-7-16-9-12/h2-10H,1H3,(H,19,21)/b17-10-. The number of aromatic amines is 1. The summed E-state index contributed by atoms with van der Waals surface area (Å²) in [5, 5.41) is 11.4. The van der Waals surface area contributed by atoms with Crippen molar-refractivity contribution in [2.45, 2.75) is 6.92 Å². The topological polar surface area (TPSA) is 58.9 Å². The van der Waals surface area contributed by atoms with Crippen molar-refractivity contribution in [1.29, 1.82) is 0 Å². The van der Waals surface area contributed by atoms with Gasteiger partial charge in [-0.3, -0.25) is 4.98 Å². The lowest BCUT2D eigenvalue weighted by atomic mass is 10.1. The summed E-state index contributed by atoms with van der Waals surface area (Å²) in [7, 11) is 0. The predicted molar refractivity (Wildman–Crippen MR) is 84.8 cm³/mol. The van der Waals surface area contributed by atoms with Gasteiger partial charge in [0.15, 0.2) is 5.82 Å². The van der Waals surface area contributed by atoms with Crippen LogP contribution in [-0.2, 0) is 0 Å². The molecule has 3 rings (SSSR count). The van der Waals surface area contributed by atoms with Crippen molar-refractivity contribution in [3.8, 4) is 11.4 Å². The molecule has 2 heterocycles. The van der Waals surface area contributed by atoms with Crippen LogP contribution in [0.5, 0.6) is 0 Å². The molecule has 0 radical (unpaired) electrons. The monoisotopic (exact) mass is 295 g/mol. The minimum absolute atomic E-state index is 0.451. The van der Waals surface area contributed by atoms with E-state index in [1.165, 1.54) is 0 Å². The zero-order chi connectivity index (χ0) is 14.7. The maximum absolute atomic E-state index is 5.24. The molecule has 0 unspecified atom stereocenters. The van der Waals surface area contributed by atoms with Gasteiger partial charge in [0.2, 0.25) is 4.77 Å². The predicted octanol–water partition coefficient (Wildman–Crippen LogP) is 3.19. The first-order valence-electron chi connectivity index (χ1n) is 6.43. The Morgan fingerprint density at radius 2 is 2.19 bits per heavy atom. The number of aryl methyl sites for hydroxylation is 1. The SMILES string of the molecule is Cc1cccc(-c2n[nH]c(=S)n2/N=C\c2cccnc2)c1. The Morgan fingerprint density at radius 3 is 2.95 bits per heavy atom. The van der Waals surface area contributed by atoms with Crippen LogP contribution >= 0.6 is 12.2 Å². The summed E-state index contributed by atoms with van der Waals surface area (Å²) in [6.07, 6.45) is 5.16. The Hall–Kier alpha value is -2.60. The third-order valence-corrected chi connectivity index (χ3v) is 3.20. The number of H-pyrrole nitrogens is 1. The van der Waals surface area contributed by atoms with Crippen LogP contribution in [0.2, 0.25) is 0 Å². The van der Waals surface area contributed by atoms with E-state index < -0.39 is 0 Å². The van der Waals surface area contributed by atoms with E-state index in [2.05, 4.69) is 20.3 Å². The van der Waals surface area contributed by atoms with E-state index >= 15 is 0 Å². The second-order valence-electron chi connectivity index (χ2n) is 4.56. The van der Waals surface area contributed by atoms with Gasteiger partial charge >= 0.3 is 0 Å². The minimum atomic E-state index is 0.451.